The van der Waals surface area contributed by atoms with E-state index in [0.717, 1.165) is 24.3 Å². The van der Waals surface area contributed by atoms with Gasteiger partial charge >= 0.3 is 0 Å². The number of nitrogens with zero attached hydrogens (tertiary/aromatic N) is 2. The molecule has 1 aromatic rings. The minimum atomic E-state index is -0.855. The lowest BCUT2D eigenvalue weighted by Crippen LogP contribution is -2.41. The molecule has 4 nitrogen and oxygen atoms in total. The van der Waals surface area contributed by atoms with Gasteiger partial charge in [0.05, 0.1) is 11.1 Å². The van der Waals surface area contributed by atoms with Gasteiger partial charge in [-0.1, -0.05) is 26.7 Å². The summed E-state index contributed by atoms with van der Waals surface area (Å²) in [5, 5.41) is 15.2. The Morgan fingerprint density at radius 2 is 2.16 bits per heavy atom. The van der Waals surface area contributed by atoms with Crippen molar-refractivity contribution < 1.29 is 4.79 Å². The van der Waals surface area contributed by atoms with Gasteiger partial charge in [0.15, 0.2) is 0 Å². The van der Waals surface area contributed by atoms with Crippen molar-refractivity contribution in [2.45, 2.75) is 46.0 Å². The Balaban J connectivity index is 2.54. The van der Waals surface area contributed by atoms with Crippen LogP contribution in [0.15, 0.2) is 11.6 Å². The van der Waals surface area contributed by atoms with Gasteiger partial charge in [-0.2, -0.15) is 5.26 Å². The van der Waals surface area contributed by atoms with Crippen LogP contribution in [0.4, 0.5) is 0 Å². The molecule has 1 amide bonds. The number of hydrogen-bond donors (Lipinski definition) is 1. The second kappa shape index (κ2) is 7.90. The Bertz CT molecular complexity index is 416. The third kappa shape index (κ3) is 4.32. The summed E-state index contributed by atoms with van der Waals surface area (Å²) in [6.45, 7) is 4.55. The first-order chi connectivity index (χ1) is 9.18. The predicted octanol–water partition coefficient (Wildman–Crippen LogP) is 2.91. The third-order valence-electron chi connectivity index (χ3n) is 3.11. The highest BCUT2D eigenvalue weighted by Gasteiger charge is 2.36. The van der Waals surface area contributed by atoms with Crippen LogP contribution in [-0.2, 0) is 11.2 Å². The van der Waals surface area contributed by atoms with Gasteiger partial charge in [-0.25, -0.2) is 4.98 Å². The third-order valence-corrected chi connectivity index (χ3v) is 3.95. The van der Waals surface area contributed by atoms with E-state index in [1.165, 1.54) is 0 Å². The van der Waals surface area contributed by atoms with Crippen LogP contribution >= 0.6 is 11.3 Å². The van der Waals surface area contributed by atoms with Crippen molar-refractivity contribution >= 4 is 17.2 Å². The van der Waals surface area contributed by atoms with Crippen molar-refractivity contribution in [3.8, 4) is 6.07 Å². The van der Waals surface area contributed by atoms with Crippen LogP contribution < -0.4 is 5.32 Å². The molecule has 0 saturated carbocycles. The zero-order chi connectivity index (χ0) is 14.1. The van der Waals surface area contributed by atoms with E-state index in [4.69, 9.17) is 0 Å². The van der Waals surface area contributed by atoms with Gasteiger partial charge in [0.1, 0.15) is 5.41 Å². The molecule has 1 N–H and O–H groups in total. The predicted molar refractivity (Wildman–Crippen MR) is 76.7 cm³/mol. The van der Waals surface area contributed by atoms with E-state index < -0.39 is 5.41 Å². The molecule has 1 heterocycles. The summed E-state index contributed by atoms with van der Waals surface area (Å²) in [4.78, 5) is 16.4. The van der Waals surface area contributed by atoms with Crippen LogP contribution in [0.1, 0.15) is 44.5 Å². The van der Waals surface area contributed by atoms with Crippen molar-refractivity contribution in [1.82, 2.24) is 10.3 Å². The SMILES string of the molecule is CCCC(C#N)(CCC)C(=O)NCCc1nccs1. The smallest absolute Gasteiger partial charge is 0.240 e. The first-order valence-corrected chi connectivity index (χ1v) is 7.64. The molecule has 0 saturated heterocycles. The molecular formula is C14H21N3OS. The van der Waals surface area contributed by atoms with Gasteiger partial charge in [0.25, 0.3) is 0 Å². The number of amides is 1. The quantitative estimate of drug-likeness (QED) is 0.795. The van der Waals surface area contributed by atoms with E-state index in [2.05, 4.69) is 16.4 Å². The molecule has 0 aliphatic heterocycles. The van der Waals surface area contributed by atoms with Crippen LogP contribution in [0.25, 0.3) is 0 Å². The normalized spacial score (nSPS) is 11.0. The zero-order valence-electron chi connectivity index (χ0n) is 11.6. The van der Waals surface area contributed by atoms with E-state index in [9.17, 15) is 10.1 Å². The highest BCUT2D eigenvalue weighted by atomic mass is 32.1. The van der Waals surface area contributed by atoms with E-state index in [0.29, 0.717) is 19.4 Å². The second-order valence-corrected chi connectivity index (χ2v) is 5.60. The molecule has 0 fully saturated rings. The Morgan fingerprint density at radius 3 is 2.63 bits per heavy atom. The lowest BCUT2D eigenvalue weighted by Gasteiger charge is -2.24. The van der Waals surface area contributed by atoms with Gasteiger partial charge in [-0.3, -0.25) is 4.79 Å². The number of thiazole rings is 1. The Hall–Kier alpha value is -1.41. The fraction of sp³-hybridized carbons (Fsp3) is 0.643. The van der Waals surface area contributed by atoms with Crippen LogP contribution in [0.5, 0.6) is 0 Å². The largest absolute Gasteiger partial charge is 0.354 e. The fourth-order valence-electron chi connectivity index (χ4n) is 2.20. The van der Waals surface area contributed by atoms with Crippen molar-refractivity contribution in [2.75, 3.05) is 6.54 Å². The summed E-state index contributed by atoms with van der Waals surface area (Å²) in [5.41, 5.74) is -0.855. The zero-order valence-corrected chi connectivity index (χ0v) is 12.4. The molecule has 5 heteroatoms. The minimum Gasteiger partial charge on any atom is -0.354 e. The number of nitrogens with one attached hydrogen (secondary N) is 1. The maximum Gasteiger partial charge on any atom is 0.240 e. The number of carbonyl (C=O) groups excluding carboxylic acids is 1. The molecule has 0 aromatic carbocycles. The molecule has 0 radical (unpaired) electrons. The molecule has 19 heavy (non-hydrogen) atoms. The van der Waals surface area contributed by atoms with Crippen LogP contribution in [-0.4, -0.2) is 17.4 Å². The van der Waals surface area contributed by atoms with Crippen LogP contribution in [0.2, 0.25) is 0 Å². The molecule has 0 atom stereocenters. The number of nitriles is 1. The summed E-state index contributed by atoms with van der Waals surface area (Å²) < 4.78 is 0. The van der Waals surface area contributed by atoms with Crippen molar-refractivity contribution in [3.05, 3.63) is 16.6 Å². The van der Waals surface area contributed by atoms with Crippen molar-refractivity contribution in [2.24, 2.45) is 5.41 Å². The molecule has 1 rings (SSSR count). The minimum absolute atomic E-state index is 0.129. The number of rotatable bonds is 8. The average molecular weight is 279 g/mol. The molecule has 0 bridgehead atoms. The summed E-state index contributed by atoms with van der Waals surface area (Å²) in [7, 11) is 0. The second-order valence-electron chi connectivity index (χ2n) is 4.63. The molecule has 0 aliphatic rings. The molecule has 1 aromatic heterocycles. The number of carbonyl (C=O) groups is 1. The van der Waals surface area contributed by atoms with Gasteiger partial charge in [-0.05, 0) is 12.8 Å². The Labute approximate surface area is 118 Å². The van der Waals surface area contributed by atoms with E-state index >= 15 is 0 Å². The summed E-state index contributed by atoms with van der Waals surface area (Å²) in [6, 6.07) is 2.24. The highest BCUT2D eigenvalue weighted by Crippen LogP contribution is 2.29. The van der Waals surface area contributed by atoms with E-state index in [-0.39, 0.29) is 5.91 Å². The van der Waals surface area contributed by atoms with Gasteiger partial charge in [0.2, 0.25) is 5.91 Å². The summed E-state index contributed by atoms with van der Waals surface area (Å²) in [5.74, 6) is -0.129. The lowest BCUT2D eigenvalue weighted by atomic mass is 9.80. The maximum atomic E-state index is 12.3. The maximum absolute atomic E-state index is 12.3. The molecule has 0 spiro atoms. The number of hydrogen-bond acceptors (Lipinski definition) is 4. The van der Waals surface area contributed by atoms with E-state index in [1.54, 1.807) is 17.5 Å². The molecule has 104 valence electrons. The number of aromatic nitrogens is 1. The van der Waals surface area contributed by atoms with Crippen molar-refractivity contribution in [3.63, 3.8) is 0 Å². The molecular weight excluding hydrogens is 258 g/mol. The van der Waals surface area contributed by atoms with Gasteiger partial charge in [0, 0.05) is 24.5 Å². The molecule has 0 aliphatic carbocycles. The monoisotopic (exact) mass is 279 g/mol. The van der Waals surface area contributed by atoms with Crippen LogP contribution in [0.3, 0.4) is 0 Å². The van der Waals surface area contributed by atoms with E-state index in [1.807, 2.05) is 19.2 Å². The van der Waals surface area contributed by atoms with Crippen LogP contribution in [0, 0.1) is 16.7 Å². The summed E-state index contributed by atoms with van der Waals surface area (Å²) >= 11 is 1.58. The Kier molecular flexibility index (Phi) is 6.51. The fourth-order valence-corrected chi connectivity index (χ4v) is 2.82. The average Bonchev–Trinajstić information content (AvgIpc) is 2.91. The lowest BCUT2D eigenvalue weighted by molar-refractivity contribution is -0.128. The first kappa shape index (κ1) is 15.6. The topological polar surface area (TPSA) is 65.8 Å². The van der Waals surface area contributed by atoms with Gasteiger partial charge < -0.3 is 5.32 Å². The standard InChI is InChI=1S/C14H21N3OS/c1-3-6-14(11-15,7-4-2)13(18)17-8-5-12-16-9-10-19-12/h9-10H,3-8H2,1-2H3,(H,17,18). The highest BCUT2D eigenvalue weighted by molar-refractivity contribution is 7.09. The Morgan fingerprint density at radius 1 is 1.47 bits per heavy atom. The first-order valence-electron chi connectivity index (χ1n) is 6.76. The summed E-state index contributed by atoms with van der Waals surface area (Å²) in [6.07, 6.45) is 5.42. The van der Waals surface area contributed by atoms with Crippen molar-refractivity contribution in [1.29, 1.82) is 5.26 Å². The molecule has 0 unspecified atom stereocenters. The van der Waals surface area contributed by atoms with Gasteiger partial charge in [-0.15, -0.1) is 11.3 Å².